The standard InChI is InChI=1S/C19H29N3O3.ClH/c1-3-25-18-9-5-4-8-16(18)17(22-14(2)23)11-19(24)21-13-15-7-6-10-20-12-15;/h4-5,8-9,15,17,20H,3,6-7,10-13H2,1-2H3,(H,21,24)(H,22,23);1H. The highest BCUT2D eigenvalue weighted by molar-refractivity contribution is 5.85. The molecule has 0 aliphatic carbocycles. The minimum Gasteiger partial charge on any atom is -0.494 e. The van der Waals surface area contributed by atoms with Gasteiger partial charge in [0, 0.05) is 19.0 Å². The van der Waals surface area contributed by atoms with Crippen LogP contribution >= 0.6 is 12.4 Å². The number of piperidine rings is 1. The predicted octanol–water partition coefficient (Wildman–Crippen LogP) is 2.19. The molecule has 2 rings (SSSR count). The maximum Gasteiger partial charge on any atom is 0.222 e. The maximum absolute atomic E-state index is 12.4. The average molecular weight is 384 g/mol. The van der Waals surface area contributed by atoms with Gasteiger partial charge in [-0.1, -0.05) is 18.2 Å². The number of amides is 2. The van der Waals surface area contributed by atoms with Crippen LogP contribution in [0.3, 0.4) is 0 Å². The van der Waals surface area contributed by atoms with Gasteiger partial charge in [-0.15, -0.1) is 12.4 Å². The van der Waals surface area contributed by atoms with Crippen LogP contribution in [0.15, 0.2) is 24.3 Å². The second kappa shape index (κ2) is 11.8. The molecule has 7 heteroatoms. The third-order valence-corrected chi connectivity index (χ3v) is 4.35. The molecule has 1 heterocycles. The number of halogens is 1. The van der Waals surface area contributed by atoms with Crippen LogP contribution in [0, 0.1) is 5.92 Å². The Morgan fingerprint density at radius 1 is 1.35 bits per heavy atom. The van der Waals surface area contributed by atoms with E-state index < -0.39 is 6.04 Å². The van der Waals surface area contributed by atoms with Crippen LogP contribution < -0.4 is 20.7 Å². The molecule has 26 heavy (non-hydrogen) atoms. The summed E-state index contributed by atoms with van der Waals surface area (Å²) in [6.07, 6.45) is 2.48. The quantitative estimate of drug-likeness (QED) is 0.643. The summed E-state index contributed by atoms with van der Waals surface area (Å²) in [5, 5.41) is 9.23. The van der Waals surface area contributed by atoms with Crippen LogP contribution in [0.1, 0.15) is 44.7 Å². The van der Waals surface area contributed by atoms with Crippen molar-refractivity contribution in [3.8, 4) is 5.75 Å². The molecule has 146 valence electrons. The van der Waals surface area contributed by atoms with E-state index in [4.69, 9.17) is 4.74 Å². The molecule has 1 aliphatic heterocycles. The van der Waals surface area contributed by atoms with Gasteiger partial charge in [0.25, 0.3) is 0 Å². The zero-order chi connectivity index (χ0) is 18.1. The molecule has 1 aromatic rings. The van der Waals surface area contributed by atoms with E-state index in [1.54, 1.807) is 0 Å². The number of hydrogen-bond donors (Lipinski definition) is 3. The van der Waals surface area contributed by atoms with Crippen molar-refractivity contribution in [2.45, 2.75) is 39.2 Å². The number of hydrogen-bond acceptors (Lipinski definition) is 4. The second-order valence-corrected chi connectivity index (χ2v) is 6.44. The lowest BCUT2D eigenvalue weighted by molar-refractivity contribution is -0.123. The average Bonchev–Trinajstić information content (AvgIpc) is 2.61. The van der Waals surface area contributed by atoms with Crippen molar-refractivity contribution >= 4 is 24.2 Å². The Morgan fingerprint density at radius 3 is 2.77 bits per heavy atom. The Kier molecular flexibility index (Phi) is 10.1. The largest absolute Gasteiger partial charge is 0.494 e. The van der Waals surface area contributed by atoms with Crippen LogP contribution in [0.25, 0.3) is 0 Å². The molecule has 0 aromatic heterocycles. The SMILES string of the molecule is CCOc1ccccc1C(CC(=O)NCC1CCCNC1)NC(C)=O.Cl. The molecule has 0 bridgehead atoms. The third kappa shape index (κ3) is 7.22. The van der Waals surface area contributed by atoms with E-state index in [1.807, 2.05) is 31.2 Å². The fourth-order valence-electron chi connectivity index (χ4n) is 3.15. The number of rotatable bonds is 8. The van der Waals surface area contributed by atoms with Crippen molar-refractivity contribution < 1.29 is 14.3 Å². The minimum absolute atomic E-state index is 0. The summed E-state index contributed by atoms with van der Waals surface area (Å²) in [7, 11) is 0. The first-order valence-electron chi connectivity index (χ1n) is 9.06. The van der Waals surface area contributed by atoms with Crippen molar-refractivity contribution in [2.75, 3.05) is 26.2 Å². The topological polar surface area (TPSA) is 79.5 Å². The van der Waals surface area contributed by atoms with Crippen LogP contribution in [0.5, 0.6) is 5.75 Å². The molecule has 1 saturated heterocycles. The zero-order valence-corrected chi connectivity index (χ0v) is 16.4. The molecular formula is C19H30ClN3O3. The van der Waals surface area contributed by atoms with Gasteiger partial charge in [0.15, 0.2) is 0 Å². The molecule has 1 aromatic carbocycles. The van der Waals surface area contributed by atoms with Crippen LogP contribution in [0.2, 0.25) is 0 Å². The van der Waals surface area contributed by atoms with Crippen LogP contribution in [-0.4, -0.2) is 38.1 Å². The summed E-state index contributed by atoms with van der Waals surface area (Å²) in [5.41, 5.74) is 0.828. The summed E-state index contributed by atoms with van der Waals surface area (Å²) in [4.78, 5) is 24.0. The predicted molar refractivity (Wildman–Crippen MR) is 105 cm³/mol. The van der Waals surface area contributed by atoms with Gasteiger partial charge in [0.05, 0.1) is 19.1 Å². The lowest BCUT2D eigenvalue weighted by Gasteiger charge is -2.24. The number of carbonyl (C=O) groups excluding carboxylic acids is 2. The summed E-state index contributed by atoms with van der Waals surface area (Å²) in [5.74, 6) is 0.955. The summed E-state index contributed by atoms with van der Waals surface area (Å²) in [6, 6.07) is 7.13. The molecule has 3 N–H and O–H groups in total. The summed E-state index contributed by atoms with van der Waals surface area (Å²) < 4.78 is 5.64. The van der Waals surface area contributed by atoms with Crippen molar-refractivity contribution in [3.05, 3.63) is 29.8 Å². The highest BCUT2D eigenvalue weighted by atomic mass is 35.5. The zero-order valence-electron chi connectivity index (χ0n) is 15.5. The Hall–Kier alpha value is -1.79. The van der Waals surface area contributed by atoms with E-state index >= 15 is 0 Å². The van der Waals surface area contributed by atoms with Gasteiger partial charge in [0.1, 0.15) is 5.75 Å². The van der Waals surface area contributed by atoms with E-state index in [9.17, 15) is 9.59 Å². The Morgan fingerprint density at radius 2 is 2.12 bits per heavy atom. The van der Waals surface area contributed by atoms with E-state index in [2.05, 4.69) is 16.0 Å². The number of ether oxygens (including phenoxy) is 1. The molecule has 2 amide bonds. The Balaban J connectivity index is 0.00000338. The number of benzene rings is 1. The van der Waals surface area contributed by atoms with E-state index in [0.29, 0.717) is 24.8 Å². The van der Waals surface area contributed by atoms with Crippen LogP contribution in [0.4, 0.5) is 0 Å². The fraction of sp³-hybridized carbons (Fsp3) is 0.579. The van der Waals surface area contributed by atoms with Crippen molar-refractivity contribution in [1.82, 2.24) is 16.0 Å². The second-order valence-electron chi connectivity index (χ2n) is 6.44. The molecule has 0 spiro atoms. The van der Waals surface area contributed by atoms with Crippen LogP contribution in [-0.2, 0) is 9.59 Å². The van der Waals surface area contributed by atoms with Crippen molar-refractivity contribution in [2.24, 2.45) is 5.92 Å². The van der Waals surface area contributed by atoms with Gasteiger partial charge in [-0.05, 0) is 44.8 Å². The Bertz CT molecular complexity index is 577. The van der Waals surface area contributed by atoms with Crippen molar-refractivity contribution in [3.63, 3.8) is 0 Å². The molecule has 1 fully saturated rings. The molecular weight excluding hydrogens is 354 g/mol. The maximum atomic E-state index is 12.4. The molecule has 6 nitrogen and oxygen atoms in total. The highest BCUT2D eigenvalue weighted by Crippen LogP contribution is 2.27. The minimum atomic E-state index is -0.398. The molecule has 0 radical (unpaired) electrons. The third-order valence-electron chi connectivity index (χ3n) is 4.35. The first-order chi connectivity index (χ1) is 12.1. The number of nitrogens with one attached hydrogen (secondary N) is 3. The van der Waals surface area contributed by atoms with E-state index in [0.717, 1.165) is 31.5 Å². The van der Waals surface area contributed by atoms with Gasteiger partial charge < -0.3 is 20.7 Å². The molecule has 1 aliphatic rings. The molecule has 0 saturated carbocycles. The monoisotopic (exact) mass is 383 g/mol. The van der Waals surface area contributed by atoms with Gasteiger partial charge in [0.2, 0.25) is 11.8 Å². The van der Waals surface area contributed by atoms with Gasteiger partial charge in [-0.2, -0.15) is 0 Å². The Labute approximate surface area is 161 Å². The summed E-state index contributed by atoms with van der Waals surface area (Å²) in [6.45, 7) is 6.58. The molecule has 2 atom stereocenters. The van der Waals surface area contributed by atoms with Gasteiger partial charge in [-0.25, -0.2) is 0 Å². The lowest BCUT2D eigenvalue weighted by atomic mass is 9.99. The lowest BCUT2D eigenvalue weighted by Crippen LogP contribution is -2.39. The van der Waals surface area contributed by atoms with E-state index in [1.165, 1.54) is 6.92 Å². The number of para-hydroxylation sites is 1. The molecule has 2 unspecified atom stereocenters. The van der Waals surface area contributed by atoms with Gasteiger partial charge >= 0.3 is 0 Å². The summed E-state index contributed by atoms with van der Waals surface area (Å²) >= 11 is 0. The highest BCUT2D eigenvalue weighted by Gasteiger charge is 2.21. The first-order valence-corrected chi connectivity index (χ1v) is 9.06. The van der Waals surface area contributed by atoms with E-state index in [-0.39, 0.29) is 30.6 Å². The fourth-order valence-corrected chi connectivity index (χ4v) is 3.15. The van der Waals surface area contributed by atoms with Crippen molar-refractivity contribution in [1.29, 1.82) is 0 Å². The van der Waals surface area contributed by atoms with Gasteiger partial charge in [-0.3, -0.25) is 9.59 Å². The normalized spacial score (nSPS) is 17.5. The number of carbonyl (C=O) groups is 2. The first kappa shape index (κ1) is 22.3. The smallest absolute Gasteiger partial charge is 0.222 e.